The van der Waals surface area contributed by atoms with Crippen molar-refractivity contribution in [3.8, 4) is 0 Å². The van der Waals surface area contributed by atoms with Crippen LogP contribution in [0.2, 0.25) is 0 Å². The third kappa shape index (κ3) is 6.44. The van der Waals surface area contributed by atoms with Crippen molar-refractivity contribution in [2.45, 2.75) is 25.2 Å². The quantitative estimate of drug-likeness (QED) is 0.668. The highest BCUT2D eigenvalue weighted by molar-refractivity contribution is 7.91. The third-order valence-electron chi connectivity index (χ3n) is 3.44. The van der Waals surface area contributed by atoms with Crippen LogP contribution in [-0.4, -0.2) is 62.1 Å². The average Bonchev–Trinajstić information content (AvgIpc) is 2.45. The molecule has 22 heavy (non-hydrogen) atoms. The molecule has 5 nitrogen and oxygen atoms in total. The molecule has 0 bridgehead atoms. The van der Waals surface area contributed by atoms with Crippen LogP contribution in [0.1, 0.15) is 19.4 Å². The van der Waals surface area contributed by atoms with Crippen molar-refractivity contribution >= 4 is 9.84 Å². The standard InChI is InChI=1S/C16H27NO4S/c1-14(2)13-15-3-5-16(6-4-15)22(20,21)12-9-17(7-10-18)8-11-19/h3-6,14,18-19H,7-13H2,1-2H3. The van der Waals surface area contributed by atoms with Crippen LogP contribution in [0.25, 0.3) is 0 Å². The molecule has 0 heterocycles. The highest BCUT2D eigenvalue weighted by Crippen LogP contribution is 2.15. The number of hydrogen-bond donors (Lipinski definition) is 2. The lowest BCUT2D eigenvalue weighted by atomic mass is 10.0. The summed E-state index contributed by atoms with van der Waals surface area (Å²) in [6, 6.07) is 7.06. The van der Waals surface area contributed by atoms with Crippen LogP contribution >= 0.6 is 0 Å². The van der Waals surface area contributed by atoms with Crippen molar-refractivity contribution in [3.05, 3.63) is 29.8 Å². The van der Waals surface area contributed by atoms with Gasteiger partial charge >= 0.3 is 0 Å². The molecular weight excluding hydrogens is 302 g/mol. The summed E-state index contributed by atoms with van der Waals surface area (Å²) in [5.74, 6) is 0.518. The van der Waals surface area contributed by atoms with Crippen molar-refractivity contribution in [2.75, 3.05) is 38.6 Å². The predicted molar refractivity (Wildman–Crippen MR) is 87.6 cm³/mol. The van der Waals surface area contributed by atoms with Crippen molar-refractivity contribution < 1.29 is 18.6 Å². The van der Waals surface area contributed by atoms with Gasteiger partial charge in [-0.3, -0.25) is 4.90 Å². The van der Waals surface area contributed by atoms with Gasteiger partial charge in [-0.15, -0.1) is 0 Å². The van der Waals surface area contributed by atoms with E-state index in [1.807, 2.05) is 12.1 Å². The summed E-state index contributed by atoms with van der Waals surface area (Å²) in [4.78, 5) is 2.07. The van der Waals surface area contributed by atoms with Crippen LogP contribution in [0.5, 0.6) is 0 Å². The molecule has 0 aliphatic rings. The predicted octanol–water partition coefficient (Wildman–Crippen LogP) is 0.945. The molecule has 126 valence electrons. The number of aliphatic hydroxyl groups is 2. The molecule has 0 aliphatic heterocycles. The van der Waals surface area contributed by atoms with Gasteiger partial charge in [0.2, 0.25) is 0 Å². The maximum absolute atomic E-state index is 12.3. The molecule has 1 aromatic carbocycles. The van der Waals surface area contributed by atoms with Crippen molar-refractivity contribution in [1.82, 2.24) is 4.90 Å². The fourth-order valence-electron chi connectivity index (χ4n) is 2.29. The Hall–Kier alpha value is -0.950. The normalized spacial score (nSPS) is 12.3. The molecule has 0 unspecified atom stereocenters. The van der Waals surface area contributed by atoms with Gasteiger partial charge in [0.05, 0.1) is 23.9 Å². The first-order valence-corrected chi connectivity index (χ1v) is 9.30. The molecule has 0 aliphatic carbocycles. The van der Waals surface area contributed by atoms with Gasteiger partial charge in [0.1, 0.15) is 0 Å². The van der Waals surface area contributed by atoms with E-state index in [1.165, 1.54) is 0 Å². The lowest BCUT2D eigenvalue weighted by Gasteiger charge is -2.19. The van der Waals surface area contributed by atoms with Gasteiger partial charge in [-0.25, -0.2) is 8.42 Å². The smallest absolute Gasteiger partial charge is 0.179 e. The van der Waals surface area contributed by atoms with Gasteiger partial charge in [0.25, 0.3) is 0 Å². The highest BCUT2D eigenvalue weighted by atomic mass is 32.2. The van der Waals surface area contributed by atoms with Crippen LogP contribution in [-0.2, 0) is 16.3 Å². The molecule has 1 rings (SSSR count). The van der Waals surface area contributed by atoms with Gasteiger partial charge in [0, 0.05) is 19.6 Å². The molecule has 0 fully saturated rings. The van der Waals surface area contributed by atoms with Gasteiger partial charge < -0.3 is 10.2 Å². The van der Waals surface area contributed by atoms with E-state index in [2.05, 4.69) is 13.8 Å². The lowest BCUT2D eigenvalue weighted by Crippen LogP contribution is -2.34. The van der Waals surface area contributed by atoms with Gasteiger partial charge in [-0.05, 0) is 30.0 Å². The highest BCUT2D eigenvalue weighted by Gasteiger charge is 2.16. The molecule has 0 saturated heterocycles. The summed E-state index contributed by atoms with van der Waals surface area (Å²) < 4.78 is 24.7. The summed E-state index contributed by atoms with van der Waals surface area (Å²) in [5.41, 5.74) is 1.14. The van der Waals surface area contributed by atoms with E-state index in [0.717, 1.165) is 12.0 Å². The van der Waals surface area contributed by atoms with Crippen LogP contribution in [0.4, 0.5) is 0 Å². The minimum atomic E-state index is -3.34. The molecule has 0 saturated carbocycles. The third-order valence-corrected chi connectivity index (χ3v) is 5.15. The summed E-state index contributed by atoms with van der Waals surface area (Å²) in [7, 11) is -3.34. The second-order valence-electron chi connectivity index (χ2n) is 5.85. The minimum absolute atomic E-state index is 0.0173. The zero-order chi connectivity index (χ0) is 16.6. The average molecular weight is 329 g/mol. The van der Waals surface area contributed by atoms with Crippen LogP contribution in [0, 0.1) is 5.92 Å². The fraction of sp³-hybridized carbons (Fsp3) is 0.625. The molecule has 0 spiro atoms. The SMILES string of the molecule is CC(C)Cc1ccc(S(=O)(=O)CCN(CCO)CCO)cc1. The van der Waals surface area contributed by atoms with E-state index in [1.54, 1.807) is 17.0 Å². The van der Waals surface area contributed by atoms with E-state index in [4.69, 9.17) is 10.2 Å². The van der Waals surface area contributed by atoms with E-state index in [-0.39, 0.29) is 19.0 Å². The number of sulfone groups is 1. The Kier molecular flexibility index (Phi) is 8.03. The van der Waals surface area contributed by atoms with E-state index >= 15 is 0 Å². The zero-order valence-corrected chi connectivity index (χ0v) is 14.2. The molecule has 0 amide bonds. The van der Waals surface area contributed by atoms with Crippen LogP contribution in [0.15, 0.2) is 29.2 Å². The number of rotatable bonds is 10. The number of hydrogen-bond acceptors (Lipinski definition) is 5. The van der Waals surface area contributed by atoms with Crippen molar-refractivity contribution in [1.29, 1.82) is 0 Å². The van der Waals surface area contributed by atoms with E-state index in [0.29, 0.717) is 30.4 Å². The summed E-state index contributed by atoms with van der Waals surface area (Å²) >= 11 is 0. The van der Waals surface area contributed by atoms with Crippen molar-refractivity contribution in [3.63, 3.8) is 0 Å². The van der Waals surface area contributed by atoms with Gasteiger partial charge in [-0.1, -0.05) is 26.0 Å². The first-order valence-electron chi connectivity index (χ1n) is 7.65. The van der Waals surface area contributed by atoms with Crippen LogP contribution < -0.4 is 0 Å². The number of benzene rings is 1. The molecule has 1 aromatic rings. The maximum atomic E-state index is 12.3. The van der Waals surface area contributed by atoms with E-state index in [9.17, 15) is 8.42 Å². The Balaban J connectivity index is 2.68. The Labute approximate surface area is 133 Å². The second kappa shape index (κ2) is 9.25. The monoisotopic (exact) mass is 329 g/mol. The maximum Gasteiger partial charge on any atom is 0.179 e. The van der Waals surface area contributed by atoms with Crippen LogP contribution in [0.3, 0.4) is 0 Å². The lowest BCUT2D eigenvalue weighted by molar-refractivity contribution is 0.167. The minimum Gasteiger partial charge on any atom is -0.395 e. The Morgan fingerprint density at radius 1 is 1.00 bits per heavy atom. The van der Waals surface area contributed by atoms with Gasteiger partial charge in [-0.2, -0.15) is 0 Å². The number of nitrogens with zero attached hydrogens (tertiary/aromatic N) is 1. The molecule has 0 aromatic heterocycles. The first-order chi connectivity index (χ1) is 10.4. The zero-order valence-electron chi connectivity index (χ0n) is 13.4. The first kappa shape index (κ1) is 19.1. The largest absolute Gasteiger partial charge is 0.395 e. The second-order valence-corrected chi connectivity index (χ2v) is 7.96. The molecule has 0 radical (unpaired) electrons. The van der Waals surface area contributed by atoms with Crippen molar-refractivity contribution in [2.24, 2.45) is 5.92 Å². The van der Waals surface area contributed by atoms with E-state index < -0.39 is 9.84 Å². The Bertz CT molecular complexity index is 520. The topological polar surface area (TPSA) is 77.8 Å². The van der Waals surface area contributed by atoms with Gasteiger partial charge in [0.15, 0.2) is 9.84 Å². The fourth-order valence-corrected chi connectivity index (χ4v) is 3.57. The Morgan fingerprint density at radius 3 is 2.00 bits per heavy atom. The summed E-state index contributed by atoms with van der Waals surface area (Å²) in [5, 5.41) is 17.9. The summed E-state index contributed by atoms with van der Waals surface area (Å²) in [6.07, 6.45) is 0.932. The molecular formula is C16H27NO4S. The number of aliphatic hydroxyl groups excluding tert-OH is 2. The Morgan fingerprint density at radius 2 is 1.55 bits per heavy atom. The molecule has 6 heteroatoms. The summed E-state index contributed by atoms with van der Waals surface area (Å²) in [6.45, 7) is 5.18. The molecule has 2 N–H and O–H groups in total. The molecule has 0 atom stereocenters.